The number of pyridine rings is 1. The highest BCUT2D eigenvalue weighted by Gasteiger charge is 2.41. The first-order valence-corrected chi connectivity index (χ1v) is 12.6. The summed E-state index contributed by atoms with van der Waals surface area (Å²) in [5.74, 6) is -0.341. The largest absolute Gasteiger partial charge is 0.444 e. The van der Waals surface area contributed by atoms with E-state index in [0.717, 1.165) is 11.1 Å². The second-order valence-electron chi connectivity index (χ2n) is 10.7. The van der Waals surface area contributed by atoms with Gasteiger partial charge in [-0.1, -0.05) is 0 Å². The van der Waals surface area contributed by atoms with Crippen LogP contribution in [0, 0.1) is 11.3 Å². The third kappa shape index (κ3) is 5.77. The number of likely N-dealkylation sites (tertiary alicyclic amines) is 1. The fourth-order valence-electron chi connectivity index (χ4n) is 4.96. The molecule has 0 bridgehead atoms. The van der Waals surface area contributed by atoms with Crippen molar-refractivity contribution in [2.24, 2.45) is 0 Å². The number of morpholine rings is 1. The number of alkyl halides is 1. The van der Waals surface area contributed by atoms with Gasteiger partial charge in [0.1, 0.15) is 17.8 Å². The molecule has 2 aliphatic rings. The standard InChI is InChI=1S/C27H34FN5O4/c1-17-14-33(21-9-8-18(13-29)24-19(21)7-6-11-30-24)16-23(36-17)25(34)31(5)22-15-32(12-10-20(22)28)26(35)37-27(2,3)4/h6-9,11,17,20,22-23H,10,12,14-16H2,1-5H3/t17?,20-,22+,23?/m0/s1. The van der Waals surface area contributed by atoms with E-state index in [4.69, 9.17) is 9.47 Å². The molecule has 0 aliphatic carbocycles. The molecule has 37 heavy (non-hydrogen) atoms. The van der Waals surface area contributed by atoms with Crippen LogP contribution < -0.4 is 4.90 Å². The Balaban J connectivity index is 1.52. The molecule has 0 radical (unpaired) electrons. The summed E-state index contributed by atoms with van der Waals surface area (Å²) in [5, 5.41) is 10.3. The number of nitriles is 1. The minimum atomic E-state index is -1.27. The van der Waals surface area contributed by atoms with Gasteiger partial charge in [-0.25, -0.2) is 9.18 Å². The van der Waals surface area contributed by atoms with Crippen molar-refractivity contribution in [3.8, 4) is 6.07 Å². The van der Waals surface area contributed by atoms with E-state index in [0.29, 0.717) is 17.6 Å². The summed E-state index contributed by atoms with van der Waals surface area (Å²) < 4.78 is 26.5. The third-order valence-electron chi connectivity index (χ3n) is 6.74. The van der Waals surface area contributed by atoms with Crippen LogP contribution in [-0.4, -0.2) is 90.0 Å². The molecule has 1 aromatic heterocycles. The van der Waals surface area contributed by atoms with Gasteiger partial charge in [0, 0.05) is 44.0 Å². The van der Waals surface area contributed by atoms with Crippen molar-refractivity contribution in [3.05, 3.63) is 36.0 Å². The zero-order valence-electron chi connectivity index (χ0n) is 22.0. The lowest BCUT2D eigenvalue weighted by Crippen LogP contribution is -2.60. The van der Waals surface area contributed by atoms with Crippen LogP contribution in [0.2, 0.25) is 0 Å². The molecular weight excluding hydrogens is 477 g/mol. The number of nitrogens with zero attached hydrogens (tertiary/aromatic N) is 5. The zero-order chi connectivity index (χ0) is 26.9. The molecule has 198 valence electrons. The van der Waals surface area contributed by atoms with Crippen molar-refractivity contribution in [1.82, 2.24) is 14.8 Å². The summed E-state index contributed by atoms with van der Waals surface area (Å²) in [6.07, 6.45) is -1.09. The Kier molecular flexibility index (Phi) is 7.55. The maximum absolute atomic E-state index is 15.0. The summed E-state index contributed by atoms with van der Waals surface area (Å²) in [7, 11) is 1.56. The number of hydrogen-bond acceptors (Lipinski definition) is 7. The normalized spacial score (nSPS) is 24.5. The van der Waals surface area contributed by atoms with Gasteiger partial charge in [-0.15, -0.1) is 0 Å². The van der Waals surface area contributed by atoms with E-state index in [-0.39, 0.29) is 38.1 Å². The quantitative estimate of drug-likeness (QED) is 0.622. The molecule has 2 amide bonds. The van der Waals surface area contributed by atoms with Gasteiger partial charge >= 0.3 is 6.09 Å². The Labute approximate surface area is 216 Å². The highest BCUT2D eigenvalue weighted by molar-refractivity contribution is 5.95. The van der Waals surface area contributed by atoms with Gasteiger partial charge in [0.2, 0.25) is 0 Å². The van der Waals surface area contributed by atoms with E-state index >= 15 is 4.39 Å². The molecule has 9 nitrogen and oxygen atoms in total. The Morgan fingerprint density at radius 1 is 1.24 bits per heavy atom. The van der Waals surface area contributed by atoms with Gasteiger partial charge in [-0.05, 0) is 58.4 Å². The van der Waals surface area contributed by atoms with Crippen molar-refractivity contribution >= 4 is 28.6 Å². The van der Waals surface area contributed by atoms with E-state index < -0.39 is 30.0 Å². The number of benzene rings is 1. The Morgan fingerprint density at radius 2 is 2.00 bits per heavy atom. The number of ether oxygens (including phenoxy) is 2. The number of aromatic nitrogens is 1. The highest BCUT2D eigenvalue weighted by atomic mass is 19.1. The van der Waals surface area contributed by atoms with Crippen molar-refractivity contribution in [1.29, 1.82) is 5.26 Å². The van der Waals surface area contributed by atoms with E-state index in [9.17, 15) is 14.9 Å². The summed E-state index contributed by atoms with van der Waals surface area (Å²) in [4.78, 5) is 35.4. The first-order chi connectivity index (χ1) is 17.5. The number of anilines is 1. The van der Waals surface area contributed by atoms with Crippen LogP contribution in [-0.2, 0) is 14.3 Å². The van der Waals surface area contributed by atoms with Gasteiger partial charge in [-0.2, -0.15) is 5.26 Å². The fraction of sp³-hybridized carbons (Fsp3) is 0.556. The average molecular weight is 512 g/mol. The molecule has 0 N–H and O–H groups in total. The van der Waals surface area contributed by atoms with Crippen LogP contribution in [0.5, 0.6) is 0 Å². The van der Waals surface area contributed by atoms with Crippen LogP contribution in [0.4, 0.5) is 14.9 Å². The molecule has 4 atom stereocenters. The number of halogens is 1. The molecule has 2 saturated heterocycles. The van der Waals surface area contributed by atoms with E-state index in [1.54, 1.807) is 40.1 Å². The number of carbonyl (C=O) groups is 2. The van der Waals surface area contributed by atoms with Crippen molar-refractivity contribution in [2.75, 3.05) is 38.1 Å². The lowest BCUT2D eigenvalue weighted by molar-refractivity contribution is -0.151. The summed E-state index contributed by atoms with van der Waals surface area (Å²) >= 11 is 0. The molecule has 2 fully saturated rings. The fourth-order valence-corrected chi connectivity index (χ4v) is 4.96. The third-order valence-corrected chi connectivity index (χ3v) is 6.74. The lowest BCUT2D eigenvalue weighted by Gasteiger charge is -2.43. The number of fused-ring (bicyclic) bond motifs is 1. The number of rotatable bonds is 3. The summed E-state index contributed by atoms with van der Waals surface area (Å²) in [5.41, 5.74) is 1.27. The predicted octanol–water partition coefficient (Wildman–Crippen LogP) is 3.51. The van der Waals surface area contributed by atoms with E-state index in [2.05, 4.69) is 16.0 Å². The SMILES string of the molecule is CC1CN(c2ccc(C#N)c3ncccc23)CC(C(=O)N(C)[C@@H]2CN(C(=O)OC(C)(C)C)CC[C@@H]2F)O1. The van der Waals surface area contributed by atoms with Gasteiger partial charge in [-0.3, -0.25) is 9.78 Å². The molecule has 1 aromatic carbocycles. The van der Waals surface area contributed by atoms with Crippen molar-refractivity contribution in [2.45, 2.75) is 64.1 Å². The van der Waals surface area contributed by atoms with Gasteiger partial charge in [0.15, 0.2) is 6.10 Å². The highest BCUT2D eigenvalue weighted by Crippen LogP contribution is 2.31. The Hall–Kier alpha value is -3.45. The average Bonchev–Trinajstić information content (AvgIpc) is 2.86. The topological polar surface area (TPSA) is 99.0 Å². The maximum atomic E-state index is 15.0. The van der Waals surface area contributed by atoms with Crippen LogP contribution in [0.3, 0.4) is 0 Å². The van der Waals surface area contributed by atoms with E-state index in [1.165, 1.54) is 9.80 Å². The monoisotopic (exact) mass is 511 g/mol. The zero-order valence-corrected chi connectivity index (χ0v) is 22.0. The molecule has 2 unspecified atom stereocenters. The lowest BCUT2D eigenvalue weighted by atomic mass is 10.0. The molecule has 0 saturated carbocycles. The first-order valence-electron chi connectivity index (χ1n) is 12.6. The Morgan fingerprint density at radius 3 is 2.70 bits per heavy atom. The second kappa shape index (κ2) is 10.5. The molecule has 0 spiro atoms. The smallest absolute Gasteiger partial charge is 0.410 e. The number of hydrogen-bond donors (Lipinski definition) is 0. The molecule has 2 aromatic rings. The summed E-state index contributed by atoms with van der Waals surface area (Å²) in [6, 6.07) is 8.69. The van der Waals surface area contributed by atoms with Crippen LogP contribution >= 0.6 is 0 Å². The van der Waals surface area contributed by atoms with Crippen LogP contribution in [0.1, 0.15) is 39.7 Å². The number of carbonyl (C=O) groups excluding carboxylic acids is 2. The minimum Gasteiger partial charge on any atom is -0.444 e. The maximum Gasteiger partial charge on any atom is 0.410 e. The molecule has 10 heteroatoms. The Bertz CT molecular complexity index is 1210. The first kappa shape index (κ1) is 26.6. The van der Waals surface area contributed by atoms with Gasteiger partial charge in [0.05, 0.1) is 29.8 Å². The van der Waals surface area contributed by atoms with Gasteiger partial charge in [0.25, 0.3) is 5.91 Å². The number of likely N-dealkylation sites (N-methyl/N-ethyl adjacent to an activating group) is 1. The van der Waals surface area contributed by atoms with Gasteiger partial charge < -0.3 is 24.2 Å². The van der Waals surface area contributed by atoms with Crippen molar-refractivity contribution in [3.63, 3.8) is 0 Å². The van der Waals surface area contributed by atoms with Crippen LogP contribution in [0.15, 0.2) is 30.5 Å². The molecule has 2 aliphatic heterocycles. The molecule has 3 heterocycles. The van der Waals surface area contributed by atoms with Crippen molar-refractivity contribution < 1.29 is 23.5 Å². The second-order valence-corrected chi connectivity index (χ2v) is 10.7. The molecule has 4 rings (SSSR count). The number of amides is 2. The summed E-state index contributed by atoms with van der Waals surface area (Å²) in [6.45, 7) is 8.32. The minimum absolute atomic E-state index is 0.0518. The van der Waals surface area contributed by atoms with E-state index in [1.807, 2.05) is 25.1 Å². The predicted molar refractivity (Wildman–Crippen MR) is 137 cm³/mol. The number of piperidine rings is 1. The van der Waals surface area contributed by atoms with Crippen LogP contribution in [0.25, 0.3) is 10.9 Å². The molecular formula is C27H34FN5O4.